The van der Waals surface area contributed by atoms with E-state index in [9.17, 15) is 9.59 Å². The summed E-state index contributed by atoms with van der Waals surface area (Å²) in [6.45, 7) is 0. The smallest absolute Gasteiger partial charge is 0.263 e. The van der Waals surface area contributed by atoms with Gasteiger partial charge >= 0.3 is 0 Å². The van der Waals surface area contributed by atoms with Crippen molar-refractivity contribution in [3.63, 3.8) is 0 Å². The van der Waals surface area contributed by atoms with E-state index in [1.165, 1.54) is 0 Å². The lowest BCUT2D eigenvalue weighted by Crippen LogP contribution is -2.55. The molecule has 0 saturated heterocycles. The highest BCUT2D eigenvalue weighted by Crippen LogP contribution is 2.21. The van der Waals surface area contributed by atoms with Crippen LogP contribution in [0.25, 0.3) is 0 Å². The maximum Gasteiger partial charge on any atom is 0.263 e. The summed E-state index contributed by atoms with van der Waals surface area (Å²) in [7, 11) is 1.76. The van der Waals surface area contributed by atoms with Gasteiger partial charge in [0.1, 0.15) is 5.56 Å². The van der Waals surface area contributed by atoms with Gasteiger partial charge in [0.2, 0.25) is 0 Å². The predicted octanol–water partition coefficient (Wildman–Crippen LogP) is 0.484. The number of hydrogen-bond donors (Lipinski definition) is 2. The minimum atomic E-state index is -0.279. The molecule has 108 valence electrons. The Bertz CT molecular complexity index is 606. The third-order valence-electron chi connectivity index (χ3n) is 4.63. The van der Waals surface area contributed by atoms with Crippen molar-refractivity contribution in [2.24, 2.45) is 12.8 Å². The summed E-state index contributed by atoms with van der Waals surface area (Å²) in [5.74, 6) is -0.279. The molecule has 1 amide bonds. The van der Waals surface area contributed by atoms with Gasteiger partial charge in [-0.2, -0.15) is 0 Å². The molecule has 0 unspecified atom stereocenters. The molecule has 1 saturated carbocycles. The van der Waals surface area contributed by atoms with Crippen molar-refractivity contribution in [3.05, 3.63) is 33.2 Å². The first-order valence-corrected chi connectivity index (χ1v) is 7.36. The molecule has 3 rings (SSSR count). The number of amides is 1. The Hall–Kier alpha value is -1.62. The van der Waals surface area contributed by atoms with E-state index in [2.05, 4.69) is 5.32 Å². The molecule has 0 spiro atoms. The number of rotatable bonds is 2. The van der Waals surface area contributed by atoms with Crippen LogP contribution in [-0.2, 0) is 19.9 Å². The Labute approximate surface area is 118 Å². The molecule has 5 nitrogen and oxygen atoms in total. The first kappa shape index (κ1) is 13.4. The van der Waals surface area contributed by atoms with Crippen molar-refractivity contribution in [3.8, 4) is 0 Å². The zero-order valence-corrected chi connectivity index (χ0v) is 11.8. The van der Waals surface area contributed by atoms with E-state index in [0.29, 0.717) is 0 Å². The molecule has 0 aromatic carbocycles. The lowest BCUT2D eigenvalue weighted by molar-refractivity contribution is 0.0903. The van der Waals surface area contributed by atoms with Crippen LogP contribution in [0.4, 0.5) is 0 Å². The van der Waals surface area contributed by atoms with Crippen molar-refractivity contribution in [1.29, 1.82) is 0 Å². The van der Waals surface area contributed by atoms with Crippen molar-refractivity contribution in [2.75, 3.05) is 0 Å². The van der Waals surface area contributed by atoms with Gasteiger partial charge in [-0.15, -0.1) is 0 Å². The third kappa shape index (κ3) is 2.16. The molecule has 0 aliphatic heterocycles. The molecule has 2 aliphatic rings. The number of nitrogens with one attached hydrogen (secondary N) is 1. The molecule has 0 radical (unpaired) electrons. The maximum atomic E-state index is 12.3. The van der Waals surface area contributed by atoms with Crippen molar-refractivity contribution in [1.82, 2.24) is 9.88 Å². The van der Waals surface area contributed by atoms with Crippen LogP contribution in [0.1, 0.15) is 47.3 Å². The van der Waals surface area contributed by atoms with Gasteiger partial charge in [0.05, 0.1) is 0 Å². The molecular weight excluding hydrogens is 254 g/mol. The van der Waals surface area contributed by atoms with Crippen LogP contribution in [0.15, 0.2) is 10.9 Å². The number of aromatic nitrogens is 1. The number of hydrogen-bond acceptors (Lipinski definition) is 3. The van der Waals surface area contributed by atoms with E-state index in [1.54, 1.807) is 17.7 Å². The van der Waals surface area contributed by atoms with E-state index in [1.807, 2.05) is 0 Å². The fourth-order valence-electron chi connectivity index (χ4n) is 3.10. The second kappa shape index (κ2) is 5.05. The van der Waals surface area contributed by atoms with Gasteiger partial charge < -0.3 is 15.6 Å². The maximum absolute atomic E-state index is 12.3. The zero-order valence-electron chi connectivity index (χ0n) is 11.8. The monoisotopic (exact) mass is 275 g/mol. The topological polar surface area (TPSA) is 77.1 Å². The van der Waals surface area contributed by atoms with Crippen molar-refractivity contribution in [2.45, 2.75) is 50.6 Å². The number of fused-ring (bicyclic) bond motifs is 1. The molecule has 2 atom stereocenters. The van der Waals surface area contributed by atoms with Gasteiger partial charge in [-0.05, 0) is 50.2 Å². The molecule has 1 aromatic heterocycles. The van der Waals surface area contributed by atoms with Crippen LogP contribution in [0.3, 0.4) is 0 Å². The van der Waals surface area contributed by atoms with Gasteiger partial charge in [0.25, 0.3) is 11.5 Å². The first-order valence-electron chi connectivity index (χ1n) is 7.36. The summed E-state index contributed by atoms with van der Waals surface area (Å²) in [5.41, 5.74) is 8.11. The van der Waals surface area contributed by atoms with Crippen LogP contribution in [0.5, 0.6) is 0 Å². The Kier molecular flexibility index (Phi) is 3.38. The van der Waals surface area contributed by atoms with Crippen LogP contribution < -0.4 is 16.6 Å². The molecule has 1 aromatic rings. The van der Waals surface area contributed by atoms with Crippen molar-refractivity contribution < 1.29 is 4.79 Å². The SMILES string of the molecule is Cn1c2c(cc(C(=O)N[C@H]3CC[C@H]3N)c1=O)CCCC2. The molecule has 20 heavy (non-hydrogen) atoms. The van der Waals surface area contributed by atoms with Gasteiger partial charge in [-0.3, -0.25) is 9.59 Å². The van der Waals surface area contributed by atoms with Crippen LogP contribution in [0.2, 0.25) is 0 Å². The van der Waals surface area contributed by atoms with Crippen LogP contribution in [0, 0.1) is 0 Å². The van der Waals surface area contributed by atoms with Gasteiger partial charge in [-0.1, -0.05) is 0 Å². The summed E-state index contributed by atoms with van der Waals surface area (Å²) in [5, 5.41) is 2.88. The zero-order chi connectivity index (χ0) is 14.3. The van der Waals surface area contributed by atoms with Crippen LogP contribution in [-0.4, -0.2) is 22.6 Å². The molecule has 5 heteroatoms. The van der Waals surface area contributed by atoms with E-state index in [-0.39, 0.29) is 29.1 Å². The van der Waals surface area contributed by atoms with E-state index in [4.69, 9.17) is 5.73 Å². The molecular formula is C15H21N3O2. The molecule has 2 aliphatic carbocycles. The number of nitrogens with zero attached hydrogens (tertiary/aromatic N) is 1. The Morgan fingerprint density at radius 2 is 2.10 bits per heavy atom. The highest BCUT2D eigenvalue weighted by molar-refractivity contribution is 5.94. The van der Waals surface area contributed by atoms with Gasteiger partial charge in [0, 0.05) is 24.8 Å². The number of pyridine rings is 1. The average molecular weight is 275 g/mol. The van der Waals surface area contributed by atoms with Crippen LogP contribution >= 0.6 is 0 Å². The largest absolute Gasteiger partial charge is 0.348 e. The number of carbonyl (C=O) groups excluding carboxylic acids is 1. The second-order valence-corrected chi connectivity index (χ2v) is 5.92. The first-order chi connectivity index (χ1) is 9.58. The lowest BCUT2D eigenvalue weighted by atomic mass is 9.87. The number of carbonyl (C=O) groups is 1. The minimum Gasteiger partial charge on any atom is -0.348 e. The van der Waals surface area contributed by atoms with Crippen molar-refractivity contribution >= 4 is 5.91 Å². The van der Waals surface area contributed by atoms with E-state index >= 15 is 0 Å². The van der Waals surface area contributed by atoms with E-state index in [0.717, 1.165) is 49.8 Å². The highest BCUT2D eigenvalue weighted by Gasteiger charge is 2.30. The molecule has 1 fully saturated rings. The fraction of sp³-hybridized carbons (Fsp3) is 0.600. The number of nitrogens with two attached hydrogens (primary N) is 1. The summed E-state index contributed by atoms with van der Waals surface area (Å²) >= 11 is 0. The van der Waals surface area contributed by atoms with Gasteiger partial charge in [0.15, 0.2) is 0 Å². The Balaban J connectivity index is 1.91. The quantitative estimate of drug-likeness (QED) is 0.824. The number of aryl methyl sites for hydroxylation is 1. The summed E-state index contributed by atoms with van der Waals surface area (Å²) in [4.78, 5) is 24.6. The Morgan fingerprint density at radius 1 is 1.35 bits per heavy atom. The summed E-state index contributed by atoms with van der Waals surface area (Å²) < 4.78 is 1.64. The standard InChI is InChI=1S/C15H21N3O2/c1-18-13-5-3-2-4-9(13)8-10(15(18)20)14(19)17-12-7-6-11(12)16/h8,11-12H,2-7,16H2,1H3,(H,17,19)/t11-,12+/m1/s1. The molecule has 1 heterocycles. The average Bonchev–Trinajstić information content (AvgIpc) is 2.46. The third-order valence-corrected chi connectivity index (χ3v) is 4.63. The Morgan fingerprint density at radius 3 is 2.75 bits per heavy atom. The molecule has 3 N–H and O–H groups in total. The summed E-state index contributed by atoms with van der Waals surface area (Å²) in [6.07, 6.45) is 5.96. The predicted molar refractivity (Wildman–Crippen MR) is 76.8 cm³/mol. The normalized spacial score (nSPS) is 24.7. The second-order valence-electron chi connectivity index (χ2n) is 5.92. The lowest BCUT2D eigenvalue weighted by Gasteiger charge is -2.34. The van der Waals surface area contributed by atoms with E-state index < -0.39 is 0 Å². The highest BCUT2D eigenvalue weighted by atomic mass is 16.2. The van der Waals surface area contributed by atoms with Gasteiger partial charge in [-0.25, -0.2) is 0 Å². The minimum absolute atomic E-state index is 0.0169. The fourth-order valence-corrected chi connectivity index (χ4v) is 3.10. The summed E-state index contributed by atoms with van der Waals surface area (Å²) in [6, 6.07) is 1.83. The molecule has 0 bridgehead atoms.